The zero-order valence-corrected chi connectivity index (χ0v) is 12.6. The van der Waals surface area contributed by atoms with Crippen LogP contribution in [0.2, 0.25) is 0 Å². The van der Waals surface area contributed by atoms with Gasteiger partial charge in [0.15, 0.2) is 0 Å². The maximum absolute atomic E-state index is 12.6. The molecule has 1 aliphatic carbocycles. The first-order chi connectivity index (χ1) is 10.2. The minimum Gasteiger partial charge on any atom is -0.493 e. The van der Waals surface area contributed by atoms with Crippen LogP contribution >= 0.6 is 0 Å². The molecule has 2 aliphatic rings. The van der Waals surface area contributed by atoms with E-state index in [4.69, 9.17) is 10.5 Å². The van der Waals surface area contributed by atoms with Gasteiger partial charge in [-0.1, -0.05) is 0 Å². The van der Waals surface area contributed by atoms with E-state index in [1.54, 1.807) is 0 Å². The maximum Gasteiger partial charge on any atom is 0.254 e. The largest absolute Gasteiger partial charge is 0.493 e. The Balaban J connectivity index is 1.61. The summed E-state index contributed by atoms with van der Waals surface area (Å²) in [5.74, 6) is 2.13. The molecule has 1 amide bonds. The summed E-state index contributed by atoms with van der Waals surface area (Å²) in [6.07, 6.45) is 3.57. The highest BCUT2D eigenvalue weighted by Crippen LogP contribution is 2.30. The van der Waals surface area contributed by atoms with Crippen LogP contribution in [0.15, 0.2) is 24.3 Å². The summed E-state index contributed by atoms with van der Waals surface area (Å²) in [5.41, 5.74) is 6.46. The number of benzene rings is 1. The fourth-order valence-electron chi connectivity index (χ4n) is 2.95. The molecule has 1 aromatic rings. The quantitative estimate of drug-likeness (QED) is 0.904. The maximum atomic E-state index is 12.6. The third kappa shape index (κ3) is 3.38. The molecule has 114 valence electrons. The summed E-state index contributed by atoms with van der Waals surface area (Å²) < 4.78 is 5.70. The number of nitrogens with two attached hydrogens (primary N) is 1. The van der Waals surface area contributed by atoms with Gasteiger partial charge in [0.25, 0.3) is 5.91 Å². The van der Waals surface area contributed by atoms with Gasteiger partial charge in [0.1, 0.15) is 5.75 Å². The van der Waals surface area contributed by atoms with Gasteiger partial charge in [-0.15, -0.1) is 0 Å². The molecule has 4 nitrogen and oxygen atoms in total. The van der Waals surface area contributed by atoms with E-state index < -0.39 is 0 Å². The van der Waals surface area contributed by atoms with Crippen LogP contribution in [0.3, 0.4) is 0 Å². The molecule has 1 heterocycles. The van der Waals surface area contributed by atoms with Crippen molar-refractivity contribution < 1.29 is 9.53 Å². The van der Waals surface area contributed by atoms with E-state index in [-0.39, 0.29) is 11.9 Å². The molecule has 2 fully saturated rings. The molecule has 4 heteroatoms. The van der Waals surface area contributed by atoms with E-state index in [9.17, 15) is 4.79 Å². The lowest BCUT2D eigenvalue weighted by Gasteiger charge is -2.21. The minimum atomic E-state index is 0.104. The van der Waals surface area contributed by atoms with E-state index in [1.807, 2.05) is 29.2 Å². The number of carbonyl (C=O) groups is 1. The van der Waals surface area contributed by atoms with Crippen LogP contribution in [0.25, 0.3) is 0 Å². The van der Waals surface area contributed by atoms with Gasteiger partial charge in [-0.2, -0.15) is 0 Å². The van der Waals surface area contributed by atoms with Crippen LogP contribution < -0.4 is 10.5 Å². The Morgan fingerprint density at radius 1 is 1.29 bits per heavy atom. The van der Waals surface area contributed by atoms with E-state index in [0.29, 0.717) is 12.5 Å². The van der Waals surface area contributed by atoms with E-state index >= 15 is 0 Å². The van der Waals surface area contributed by atoms with Gasteiger partial charge in [0.05, 0.1) is 6.61 Å². The van der Waals surface area contributed by atoms with Crippen molar-refractivity contribution in [3.63, 3.8) is 0 Å². The Labute approximate surface area is 126 Å². The second-order valence-corrected chi connectivity index (χ2v) is 6.42. The van der Waals surface area contributed by atoms with Crippen LogP contribution in [0.4, 0.5) is 0 Å². The second kappa shape index (κ2) is 6.06. The predicted octanol–water partition coefficient (Wildman–Crippen LogP) is 2.28. The first kappa shape index (κ1) is 14.4. The molecule has 1 aliphatic heterocycles. The summed E-state index contributed by atoms with van der Waals surface area (Å²) in [5, 5.41) is 0. The molecule has 0 aromatic heterocycles. The fraction of sp³-hybridized carbons (Fsp3) is 0.588. The molecule has 2 N–H and O–H groups in total. The predicted molar refractivity (Wildman–Crippen MR) is 82.3 cm³/mol. The Morgan fingerprint density at radius 3 is 2.57 bits per heavy atom. The van der Waals surface area contributed by atoms with Gasteiger partial charge in [0.2, 0.25) is 0 Å². The fourth-order valence-corrected chi connectivity index (χ4v) is 2.95. The molecule has 1 aromatic carbocycles. The number of hydrogen-bond acceptors (Lipinski definition) is 3. The number of carbonyl (C=O) groups excluding carboxylic acids is 1. The molecular formula is C17H24N2O2. The first-order valence-corrected chi connectivity index (χ1v) is 7.91. The molecule has 0 bridgehead atoms. The Bertz CT molecular complexity index is 496. The van der Waals surface area contributed by atoms with E-state index in [1.165, 1.54) is 12.8 Å². The van der Waals surface area contributed by atoms with Crippen molar-refractivity contribution in [2.75, 3.05) is 19.7 Å². The monoisotopic (exact) mass is 288 g/mol. The van der Waals surface area contributed by atoms with Crippen molar-refractivity contribution in [3.8, 4) is 5.75 Å². The zero-order valence-electron chi connectivity index (χ0n) is 12.6. The van der Waals surface area contributed by atoms with Crippen molar-refractivity contribution >= 4 is 5.91 Å². The molecule has 1 saturated heterocycles. The lowest BCUT2D eigenvalue weighted by molar-refractivity contribution is 0.0743. The Morgan fingerprint density at radius 2 is 2.00 bits per heavy atom. The van der Waals surface area contributed by atoms with Crippen molar-refractivity contribution in [1.82, 2.24) is 4.90 Å². The van der Waals surface area contributed by atoms with Gasteiger partial charge < -0.3 is 15.4 Å². The van der Waals surface area contributed by atoms with Gasteiger partial charge in [-0.3, -0.25) is 4.79 Å². The lowest BCUT2D eigenvalue weighted by Crippen LogP contribution is -2.34. The first-order valence-electron chi connectivity index (χ1n) is 7.91. The summed E-state index contributed by atoms with van der Waals surface area (Å²) in [6.45, 7) is 4.33. The molecule has 2 atom stereocenters. The molecular weight excluding hydrogens is 264 g/mol. The molecule has 0 spiro atoms. The number of amides is 1. The highest BCUT2D eigenvalue weighted by Gasteiger charge is 2.32. The van der Waals surface area contributed by atoms with Gasteiger partial charge in [-0.25, -0.2) is 0 Å². The number of nitrogens with zero attached hydrogens (tertiary/aromatic N) is 1. The van der Waals surface area contributed by atoms with Gasteiger partial charge >= 0.3 is 0 Å². The van der Waals surface area contributed by atoms with Crippen molar-refractivity contribution in [1.29, 1.82) is 0 Å². The molecule has 21 heavy (non-hydrogen) atoms. The summed E-state index contributed by atoms with van der Waals surface area (Å²) in [6, 6.07) is 7.81. The van der Waals surface area contributed by atoms with Crippen LogP contribution in [-0.4, -0.2) is 36.5 Å². The number of ether oxygens (including phenoxy) is 1. The third-order valence-electron chi connectivity index (χ3n) is 4.54. The summed E-state index contributed by atoms with van der Waals surface area (Å²) in [4.78, 5) is 14.5. The normalized spacial score (nSPS) is 25.1. The molecule has 3 rings (SSSR count). The third-order valence-corrected chi connectivity index (χ3v) is 4.54. The van der Waals surface area contributed by atoms with Crippen LogP contribution in [0.5, 0.6) is 5.75 Å². The van der Waals surface area contributed by atoms with Crippen LogP contribution in [-0.2, 0) is 0 Å². The van der Waals surface area contributed by atoms with Crippen LogP contribution in [0, 0.1) is 11.8 Å². The van der Waals surface area contributed by atoms with E-state index in [2.05, 4.69) is 6.92 Å². The Kier molecular flexibility index (Phi) is 4.15. The van der Waals surface area contributed by atoms with Crippen molar-refractivity contribution in [3.05, 3.63) is 29.8 Å². The number of hydrogen-bond donors (Lipinski definition) is 1. The zero-order chi connectivity index (χ0) is 14.8. The number of likely N-dealkylation sites (tertiary alicyclic amines) is 1. The summed E-state index contributed by atoms with van der Waals surface area (Å²) >= 11 is 0. The van der Waals surface area contributed by atoms with Crippen molar-refractivity contribution in [2.45, 2.75) is 32.2 Å². The highest BCUT2D eigenvalue weighted by molar-refractivity contribution is 5.94. The van der Waals surface area contributed by atoms with Gasteiger partial charge in [0, 0.05) is 18.2 Å². The average molecular weight is 288 g/mol. The smallest absolute Gasteiger partial charge is 0.254 e. The standard InChI is InChI=1S/C17H24N2O2/c1-12-8-14(9-18)10-19(12)17(20)15-4-6-16(7-5-15)21-11-13-2-3-13/h4-7,12-14H,2-3,8-11,18H2,1H3. The molecule has 1 saturated carbocycles. The summed E-state index contributed by atoms with van der Waals surface area (Å²) in [7, 11) is 0. The van der Waals surface area contributed by atoms with Crippen LogP contribution in [0.1, 0.15) is 36.5 Å². The van der Waals surface area contributed by atoms with Gasteiger partial charge in [-0.05, 0) is 68.8 Å². The van der Waals surface area contributed by atoms with Crippen molar-refractivity contribution in [2.24, 2.45) is 17.6 Å². The molecule has 2 unspecified atom stereocenters. The molecule has 0 radical (unpaired) electrons. The lowest BCUT2D eigenvalue weighted by atomic mass is 10.1. The average Bonchev–Trinajstić information content (AvgIpc) is 3.26. The SMILES string of the molecule is CC1CC(CN)CN1C(=O)c1ccc(OCC2CC2)cc1. The highest BCUT2D eigenvalue weighted by atomic mass is 16.5. The second-order valence-electron chi connectivity index (χ2n) is 6.42. The Hall–Kier alpha value is -1.55. The topological polar surface area (TPSA) is 55.6 Å². The van der Waals surface area contributed by atoms with E-state index in [0.717, 1.165) is 36.8 Å². The minimum absolute atomic E-state index is 0.104. The number of rotatable bonds is 5.